The minimum Gasteiger partial charge on any atom is -0.356 e. The van der Waals surface area contributed by atoms with E-state index in [0.717, 1.165) is 11.4 Å². The monoisotopic (exact) mass is 201 g/mol. The molecule has 0 aliphatic heterocycles. The van der Waals surface area contributed by atoms with Gasteiger partial charge in [0.2, 0.25) is 0 Å². The summed E-state index contributed by atoms with van der Waals surface area (Å²) >= 11 is 0. The molecule has 0 saturated heterocycles. The lowest BCUT2D eigenvalue weighted by Crippen LogP contribution is -2.09. The van der Waals surface area contributed by atoms with Crippen LogP contribution in [0.3, 0.4) is 0 Å². The van der Waals surface area contributed by atoms with E-state index in [2.05, 4.69) is 18.5 Å². The van der Waals surface area contributed by atoms with Crippen molar-refractivity contribution in [3.8, 4) is 0 Å². The van der Waals surface area contributed by atoms with E-state index in [0.29, 0.717) is 0 Å². The molecule has 0 unspecified atom stereocenters. The SMILES string of the molecule is C=C/C=C(\C=C/C)NC(/C=C\C)=C/C=C. The Kier molecular flexibility index (Phi) is 7.79. The van der Waals surface area contributed by atoms with Gasteiger partial charge in [-0.15, -0.1) is 0 Å². The van der Waals surface area contributed by atoms with Crippen LogP contribution in [0.5, 0.6) is 0 Å². The molecule has 0 saturated carbocycles. The van der Waals surface area contributed by atoms with E-state index >= 15 is 0 Å². The zero-order chi connectivity index (χ0) is 11.5. The lowest BCUT2D eigenvalue weighted by Gasteiger charge is -2.07. The van der Waals surface area contributed by atoms with Crippen LogP contribution in [0.1, 0.15) is 13.8 Å². The maximum atomic E-state index is 3.67. The summed E-state index contributed by atoms with van der Waals surface area (Å²) in [4.78, 5) is 0. The smallest absolute Gasteiger partial charge is 0.0380 e. The normalized spacial score (nSPS) is 13.5. The van der Waals surface area contributed by atoms with Gasteiger partial charge in [0.15, 0.2) is 0 Å². The Morgan fingerprint density at radius 2 is 1.27 bits per heavy atom. The second-order valence-electron chi connectivity index (χ2n) is 2.84. The highest BCUT2D eigenvalue weighted by Gasteiger charge is 1.91. The minimum absolute atomic E-state index is 0.999. The zero-order valence-corrected chi connectivity index (χ0v) is 9.53. The van der Waals surface area contributed by atoms with Crippen molar-refractivity contribution >= 4 is 0 Å². The Bertz CT molecular complexity index is 282. The molecule has 0 heterocycles. The molecule has 0 aromatic heterocycles. The van der Waals surface area contributed by atoms with Gasteiger partial charge < -0.3 is 5.32 Å². The van der Waals surface area contributed by atoms with Crippen molar-refractivity contribution in [1.29, 1.82) is 0 Å². The molecule has 15 heavy (non-hydrogen) atoms. The third kappa shape index (κ3) is 6.33. The Morgan fingerprint density at radius 3 is 1.53 bits per heavy atom. The van der Waals surface area contributed by atoms with E-state index in [1.807, 2.05) is 50.3 Å². The molecule has 0 atom stereocenters. The molecular weight excluding hydrogens is 182 g/mol. The van der Waals surface area contributed by atoms with Crippen LogP contribution in [0, 0.1) is 0 Å². The van der Waals surface area contributed by atoms with E-state index in [4.69, 9.17) is 0 Å². The van der Waals surface area contributed by atoms with Gasteiger partial charge in [0.05, 0.1) is 0 Å². The third-order valence-corrected chi connectivity index (χ3v) is 1.58. The van der Waals surface area contributed by atoms with Gasteiger partial charge in [0.25, 0.3) is 0 Å². The van der Waals surface area contributed by atoms with Gasteiger partial charge in [-0.05, 0) is 38.2 Å². The number of nitrogens with one attached hydrogen (secondary N) is 1. The van der Waals surface area contributed by atoms with E-state index in [1.165, 1.54) is 0 Å². The van der Waals surface area contributed by atoms with Gasteiger partial charge in [-0.1, -0.05) is 37.5 Å². The van der Waals surface area contributed by atoms with Crippen LogP contribution in [0.2, 0.25) is 0 Å². The highest BCUT2D eigenvalue weighted by atomic mass is 14.9. The van der Waals surface area contributed by atoms with Crippen LogP contribution >= 0.6 is 0 Å². The van der Waals surface area contributed by atoms with Gasteiger partial charge in [-0.3, -0.25) is 0 Å². The second-order valence-corrected chi connectivity index (χ2v) is 2.84. The van der Waals surface area contributed by atoms with Crippen LogP contribution < -0.4 is 5.32 Å². The molecule has 0 rings (SSSR count). The van der Waals surface area contributed by atoms with E-state index in [9.17, 15) is 0 Å². The van der Waals surface area contributed by atoms with Crippen molar-refractivity contribution in [1.82, 2.24) is 5.32 Å². The number of allylic oxidation sites excluding steroid dienone is 8. The molecule has 0 radical (unpaired) electrons. The lowest BCUT2D eigenvalue weighted by molar-refractivity contribution is 1.04. The molecule has 80 valence electrons. The zero-order valence-electron chi connectivity index (χ0n) is 9.53. The van der Waals surface area contributed by atoms with Crippen LogP contribution in [0.25, 0.3) is 0 Å². The largest absolute Gasteiger partial charge is 0.356 e. The topological polar surface area (TPSA) is 12.0 Å². The van der Waals surface area contributed by atoms with Gasteiger partial charge in [0, 0.05) is 11.4 Å². The predicted octanol–water partition coefficient (Wildman–Crippen LogP) is 3.87. The lowest BCUT2D eigenvalue weighted by atomic mass is 10.3. The Labute approximate surface area is 92.9 Å². The molecule has 1 nitrogen and oxygen atoms in total. The quantitative estimate of drug-likeness (QED) is 0.643. The number of hydrogen-bond acceptors (Lipinski definition) is 1. The second kappa shape index (κ2) is 8.82. The fourth-order valence-corrected chi connectivity index (χ4v) is 1.06. The fraction of sp³-hybridized carbons (Fsp3) is 0.143. The average Bonchev–Trinajstić information content (AvgIpc) is 2.19. The van der Waals surface area contributed by atoms with Crippen molar-refractivity contribution in [2.75, 3.05) is 0 Å². The Morgan fingerprint density at radius 1 is 0.867 bits per heavy atom. The summed E-state index contributed by atoms with van der Waals surface area (Å²) in [6.45, 7) is 11.3. The van der Waals surface area contributed by atoms with E-state index < -0.39 is 0 Å². The first-order valence-electron chi connectivity index (χ1n) is 4.96. The predicted molar refractivity (Wildman–Crippen MR) is 69.3 cm³/mol. The van der Waals surface area contributed by atoms with Gasteiger partial charge in [0.1, 0.15) is 0 Å². The summed E-state index contributed by atoms with van der Waals surface area (Å²) in [6, 6.07) is 0. The van der Waals surface area contributed by atoms with E-state index in [-0.39, 0.29) is 0 Å². The maximum Gasteiger partial charge on any atom is 0.0380 e. The summed E-state index contributed by atoms with van der Waals surface area (Å²) in [7, 11) is 0. The van der Waals surface area contributed by atoms with Crippen molar-refractivity contribution in [2.24, 2.45) is 0 Å². The maximum absolute atomic E-state index is 3.67. The average molecular weight is 201 g/mol. The first-order chi connectivity index (χ1) is 7.28. The summed E-state index contributed by atoms with van der Waals surface area (Å²) in [6.07, 6.45) is 15.3. The number of hydrogen-bond donors (Lipinski definition) is 1. The standard InChI is InChI=1S/C14H19N/c1-5-9-13(10-6-2)15-14(11-7-3)12-8-4/h5-12,15H,1,3H2,2,4H3/b10-6-,12-8-,13-9+,14-11+. The molecule has 0 spiro atoms. The van der Waals surface area contributed by atoms with Crippen molar-refractivity contribution in [3.63, 3.8) is 0 Å². The number of rotatable bonds is 6. The highest BCUT2D eigenvalue weighted by Crippen LogP contribution is 2.00. The summed E-state index contributed by atoms with van der Waals surface area (Å²) in [5.41, 5.74) is 2.00. The fourth-order valence-electron chi connectivity index (χ4n) is 1.06. The highest BCUT2D eigenvalue weighted by molar-refractivity contribution is 5.31. The summed E-state index contributed by atoms with van der Waals surface area (Å²) < 4.78 is 0. The molecule has 0 aromatic carbocycles. The molecule has 0 aliphatic rings. The summed E-state index contributed by atoms with van der Waals surface area (Å²) in [5, 5.41) is 3.26. The molecule has 0 aliphatic carbocycles. The molecule has 1 N–H and O–H groups in total. The van der Waals surface area contributed by atoms with Crippen molar-refractivity contribution < 1.29 is 0 Å². The van der Waals surface area contributed by atoms with Crippen LogP contribution in [0.15, 0.2) is 73.2 Å². The van der Waals surface area contributed by atoms with Crippen LogP contribution in [-0.4, -0.2) is 0 Å². The molecule has 0 bridgehead atoms. The van der Waals surface area contributed by atoms with Crippen LogP contribution in [0.4, 0.5) is 0 Å². The molecule has 0 aromatic rings. The summed E-state index contributed by atoms with van der Waals surface area (Å²) in [5.74, 6) is 0. The van der Waals surface area contributed by atoms with Gasteiger partial charge in [-0.25, -0.2) is 0 Å². The molecule has 0 amide bonds. The minimum atomic E-state index is 0.999. The van der Waals surface area contributed by atoms with Crippen molar-refractivity contribution in [3.05, 3.63) is 73.2 Å². The third-order valence-electron chi connectivity index (χ3n) is 1.58. The van der Waals surface area contributed by atoms with Crippen molar-refractivity contribution in [2.45, 2.75) is 13.8 Å². The molecule has 0 fully saturated rings. The van der Waals surface area contributed by atoms with Gasteiger partial charge in [-0.2, -0.15) is 0 Å². The van der Waals surface area contributed by atoms with Gasteiger partial charge >= 0.3 is 0 Å². The Hall–Kier alpha value is -1.76. The van der Waals surface area contributed by atoms with E-state index in [1.54, 1.807) is 12.2 Å². The first kappa shape index (κ1) is 13.2. The Balaban J connectivity index is 4.76. The van der Waals surface area contributed by atoms with Crippen LogP contribution in [-0.2, 0) is 0 Å². The molecule has 1 heteroatoms. The first-order valence-corrected chi connectivity index (χ1v) is 4.96. The molecular formula is C14H19N.